The summed E-state index contributed by atoms with van der Waals surface area (Å²) in [6.07, 6.45) is 6.35. The van der Waals surface area contributed by atoms with Crippen molar-refractivity contribution in [1.29, 1.82) is 0 Å². The predicted octanol–water partition coefficient (Wildman–Crippen LogP) is 2.77. The molecule has 1 fully saturated rings. The van der Waals surface area contributed by atoms with E-state index in [9.17, 15) is 0 Å². The molecule has 1 unspecified atom stereocenters. The van der Waals surface area contributed by atoms with Crippen LogP contribution in [0.1, 0.15) is 26.2 Å². The van der Waals surface area contributed by atoms with Crippen molar-refractivity contribution in [2.45, 2.75) is 32.2 Å². The highest BCUT2D eigenvalue weighted by molar-refractivity contribution is 7.98. The summed E-state index contributed by atoms with van der Waals surface area (Å²) in [6.45, 7) is 3.56. The molecule has 0 spiro atoms. The topological polar surface area (TPSA) is 3.24 Å². The van der Waals surface area contributed by atoms with E-state index in [1.165, 1.54) is 31.6 Å². The Bertz CT molecular complexity index is 163. The van der Waals surface area contributed by atoms with Crippen LogP contribution in [0.25, 0.3) is 0 Å². The summed E-state index contributed by atoms with van der Waals surface area (Å²) in [5, 5.41) is 0. The van der Waals surface area contributed by atoms with E-state index in [1.54, 1.807) is 0 Å². The van der Waals surface area contributed by atoms with Gasteiger partial charge in [0.25, 0.3) is 0 Å². The molecule has 0 N–H and O–H groups in total. The number of thiol groups is 1. The van der Waals surface area contributed by atoms with Crippen LogP contribution in [0, 0.1) is 5.41 Å². The summed E-state index contributed by atoms with van der Waals surface area (Å²) in [6, 6.07) is 0.697. The fourth-order valence-corrected chi connectivity index (χ4v) is 3.25. The lowest BCUT2D eigenvalue weighted by Gasteiger charge is -2.44. The minimum Gasteiger partial charge on any atom is -0.302 e. The number of hydrogen-bond acceptors (Lipinski definition) is 3. The van der Waals surface area contributed by atoms with Crippen LogP contribution in [-0.4, -0.2) is 42.3 Å². The first-order valence-electron chi connectivity index (χ1n) is 5.43. The zero-order chi connectivity index (χ0) is 10.6. The van der Waals surface area contributed by atoms with Gasteiger partial charge in [-0.05, 0) is 44.2 Å². The lowest BCUT2D eigenvalue weighted by atomic mass is 9.70. The molecule has 1 rings (SSSR count). The third-order valence-electron chi connectivity index (χ3n) is 3.49. The Morgan fingerprint density at radius 3 is 2.50 bits per heavy atom. The molecule has 1 aliphatic carbocycles. The summed E-state index contributed by atoms with van der Waals surface area (Å²) in [4.78, 5) is 2.51. The molecule has 0 bridgehead atoms. The summed E-state index contributed by atoms with van der Waals surface area (Å²) >= 11 is 6.43. The molecule has 0 saturated heterocycles. The van der Waals surface area contributed by atoms with Crippen LogP contribution in [0.3, 0.4) is 0 Å². The average Bonchev–Trinajstić information content (AvgIpc) is 2.11. The molecule has 1 atom stereocenters. The molecular weight excluding hydrogens is 210 g/mol. The molecule has 0 aromatic heterocycles. The van der Waals surface area contributed by atoms with Crippen molar-refractivity contribution in [3.8, 4) is 0 Å². The molecule has 0 aliphatic heterocycles. The predicted molar refractivity (Wildman–Crippen MR) is 70.6 cm³/mol. The van der Waals surface area contributed by atoms with Gasteiger partial charge in [-0.1, -0.05) is 6.42 Å². The van der Waals surface area contributed by atoms with Crippen LogP contribution in [0.5, 0.6) is 0 Å². The first kappa shape index (κ1) is 12.7. The molecule has 84 valence electrons. The fourth-order valence-electron chi connectivity index (χ4n) is 2.10. The first-order valence-corrected chi connectivity index (χ1v) is 7.46. The van der Waals surface area contributed by atoms with E-state index < -0.39 is 0 Å². The second-order valence-corrected chi connectivity index (χ2v) is 5.96. The van der Waals surface area contributed by atoms with Crippen molar-refractivity contribution in [3.63, 3.8) is 0 Å². The maximum atomic E-state index is 4.50. The van der Waals surface area contributed by atoms with Gasteiger partial charge in [-0.25, -0.2) is 0 Å². The highest BCUT2D eigenvalue weighted by Gasteiger charge is 2.36. The molecule has 0 heterocycles. The van der Waals surface area contributed by atoms with Crippen LogP contribution in [0.15, 0.2) is 0 Å². The van der Waals surface area contributed by atoms with Crippen molar-refractivity contribution in [2.24, 2.45) is 5.41 Å². The number of nitrogens with zero attached hydrogens (tertiary/aromatic N) is 1. The molecule has 1 saturated carbocycles. The third kappa shape index (κ3) is 3.07. The van der Waals surface area contributed by atoms with E-state index in [2.05, 4.69) is 37.8 Å². The van der Waals surface area contributed by atoms with Crippen LogP contribution < -0.4 is 0 Å². The van der Waals surface area contributed by atoms with Gasteiger partial charge >= 0.3 is 0 Å². The van der Waals surface area contributed by atoms with Gasteiger partial charge in [-0.2, -0.15) is 24.4 Å². The fraction of sp³-hybridized carbons (Fsp3) is 1.00. The van der Waals surface area contributed by atoms with E-state index >= 15 is 0 Å². The quantitative estimate of drug-likeness (QED) is 0.703. The molecule has 0 aromatic rings. The average molecular weight is 233 g/mol. The molecule has 0 radical (unpaired) electrons. The van der Waals surface area contributed by atoms with Crippen LogP contribution in [0.4, 0.5) is 0 Å². The van der Waals surface area contributed by atoms with Gasteiger partial charge in [0.15, 0.2) is 0 Å². The van der Waals surface area contributed by atoms with Gasteiger partial charge in [0.2, 0.25) is 0 Å². The Kier molecular flexibility index (Phi) is 5.15. The Labute approximate surface area is 98.4 Å². The van der Waals surface area contributed by atoms with Gasteiger partial charge < -0.3 is 4.90 Å². The molecule has 0 amide bonds. The molecule has 3 heteroatoms. The smallest absolute Gasteiger partial charge is 0.0155 e. The van der Waals surface area contributed by atoms with E-state index in [-0.39, 0.29) is 0 Å². The lowest BCUT2D eigenvalue weighted by Crippen LogP contribution is -2.45. The Balaban J connectivity index is 2.34. The third-order valence-corrected chi connectivity index (χ3v) is 4.98. The highest BCUT2D eigenvalue weighted by atomic mass is 32.2. The van der Waals surface area contributed by atoms with Crippen molar-refractivity contribution in [3.05, 3.63) is 0 Å². The van der Waals surface area contributed by atoms with Crippen molar-refractivity contribution in [1.82, 2.24) is 4.90 Å². The Morgan fingerprint density at radius 2 is 2.14 bits per heavy atom. The monoisotopic (exact) mass is 233 g/mol. The van der Waals surface area contributed by atoms with Crippen molar-refractivity contribution < 1.29 is 0 Å². The summed E-state index contributed by atoms with van der Waals surface area (Å²) in [7, 11) is 2.25. The molecule has 14 heavy (non-hydrogen) atoms. The summed E-state index contributed by atoms with van der Waals surface area (Å²) in [5.74, 6) is 2.29. The zero-order valence-corrected chi connectivity index (χ0v) is 11.3. The molecular formula is C11H23NS2. The highest BCUT2D eigenvalue weighted by Crippen LogP contribution is 2.42. The van der Waals surface area contributed by atoms with Crippen molar-refractivity contribution in [2.75, 3.05) is 31.4 Å². The summed E-state index contributed by atoms with van der Waals surface area (Å²) in [5.41, 5.74) is 0.546. The largest absolute Gasteiger partial charge is 0.302 e. The van der Waals surface area contributed by atoms with Gasteiger partial charge in [0.1, 0.15) is 0 Å². The minimum atomic E-state index is 0.546. The van der Waals surface area contributed by atoms with Gasteiger partial charge in [0.05, 0.1) is 0 Å². The van der Waals surface area contributed by atoms with Crippen molar-refractivity contribution >= 4 is 24.4 Å². The van der Waals surface area contributed by atoms with E-state index in [1.807, 2.05) is 11.8 Å². The van der Waals surface area contributed by atoms with E-state index in [0.717, 1.165) is 5.75 Å². The van der Waals surface area contributed by atoms with Crippen LogP contribution in [0.2, 0.25) is 0 Å². The number of hydrogen-bond donors (Lipinski definition) is 1. The Hall–Kier alpha value is 0.660. The van der Waals surface area contributed by atoms with E-state index in [4.69, 9.17) is 0 Å². The lowest BCUT2D eigenvalue weighted by molar-refractivity contribution is 0.0907. The van der Waals surface area contributed by atoms with Crippen LogP contribution in [-0.2, 0) is 0 Å². The second kappa shape index (κ2) is 5.66. The normalized spacial score (nSPS) is 22.1. The molecule has 1 nitrogen and oxygen atoms in total. The standard InChI is InChI=1S/C11H23NS2/c1-10(7-14-3)12(2)8-11(9-13)5-4-6-11/h10,13H,4-9H2,1-3H3. The SMILES string of the molecule is CSCC(C)N(C)CC1(CS)CCC1. The molecule has 0 aromatic carbocycles. The van der Waals surface area contributed by atoms with Gasteiger partial charge in [0, 0.05) is 18.3 Å². The minimum absolute atomic E-state index is 0.546. The number of rotatable bonds is 6. The maximum absolute atomic E-state index is 4.50. The second-order valence-electron chi connectivity index (χ2n) is 4.73. The number of thioether (sulfide) groups is 1. The molecule has 1 aliphatic rings. The maximum Gasteiger partial charge on any atom is 0.0155 e. The Morgan fingerprint density at radius 1 is 1.50 bits per heavy atom. The zero-order valence-electron chi connectivity index (χ0n) is 9.62. The van der Waals surface area contributed by atoms with Gasteiger partial charge in [-0.3, -0.25) is 0 Å². The first-order chi connectivity index (χ1) is 6.63. The van der Waals surface area contributed by atoms with Crippen LogP contribution >= 0.6 is 24.4 Å². The summed E-state index contributed by atoms with van der Waals surface area (Å²) < 4.78 is 0. The van der Waals surface area contributed by atoms with Gasteiger partial charge in [-0.15, -0.1) is 0 Å². The van der Waals surface area contributed by atoms with E-state index in [0.29, 0.717) is 11.5 Å².